The van der Waals surface area contributed by atoms with Gasteiger partial charge in [-0.3, -0.25) is 0 Å². The summed E-state index contributed by atoms with van der Waals surface area (Å²) in [6, 6.07) is 0. The third-order valence-electron chi connectivity index (χ3n) is 0. The van der Waals surface area contributed by atoms with Crippen molar-refractivity contribution >= 4 is 83.6 Å². The summed E-state index contributed by atoms with van der Waals surface area (Å²) in [6.07, 6.45) is 0. The second-order valence-corrected chi connectivity index (χ2v) is 6.34. The average Bonchev–Trinajstić information content (AvgIpc) is 0.722. The molecule has 0 unspecified atom stereocenters. The van der Waals surface area contributed by atoms with Gasteiger partial charge < -0.3 is 5.48 Å². The van der Waals surface area contributed by atoms with Crippen LogP contribution in [0.2, 0.25) is 0 Å². The summed E-state index contributed by atoms with van der Waals surface area (Å²) >= 11 is -0.0764. The number of hydrogen-bond acceptors (Lipinski definition) is 2. The van der Waals surface area contributed by atoms with Crippen molar-refractivity contribution in [3.8, 4) is 0 Å². The van der Waals surface area contributed by atoms with Crippen molar-refractivity contribution < 1.29 is 35.5 Å². The summed E-state index contributed by atoms with van der Waals surface area (Å²) in [5.41, 5.74) is 0. The molecule has 8 heteroatoms. The van der Waals surface area contributed by atoms with E-state index in [0.717, 1.165) is 0 Å². The van der Waals surface area contributed by atoms with E-state index in [1.165, 1.54) is 0 Å². The molecule has 0 bridgehead atoms. The van der Waals surface area contributed by atoms with Crippen molar-refractivity contribution in [2.75, 3.05) is 0 Å². The standard InChI is InChI=1S/2Ca.HO3S.H2O.Zn.4H/c;;1-4(2)3;;;;;;/h;;(H,1,2,3);1H2;;;;;. The summed E-state index contributed by atoms with van der Waals surface area (Å²) in [6.45, 7) is 0. The van der Waals surface area contributed by atoms with E-state index in [2.05, 4.69) is 0 Å². The summed E-state index contributed by atoms with van der Waals surface area (Å²) in [7, 11) is -3.54. The van der Waals surface area contributed by atoms with E-state index in [0.29, 0.717) is 0 Å². The van der Waals surface area contributed by atoms with Crippen LogP contribution in [0.4, 0.5) is 0 Å². The van der Waals surface area contributed by atoms with Crippen LogP contribution in [0.1, 0.15) is 0 Å². The molecule has 0 aliphatic rings. The summed E-state index contributed by atoms with van der Waals surface area (Å²) < 4.78 is 26.0. The molecule has 3 N–H and O–H groups in total. The van der Waals surface area contributed by atoms with E-state index in [9.17, 15) is 8.42 Å². The third kappa shape index (κ3) is 63.8. The van der Waals surface area contributed by atoms with Gasteiger partial charge in [-0.05, 0) is 0 Å². The van der Waals surface area contributed by atoms with E-state index in [1.807, 2.05) is 0 Å². The molecule has 0 heterocycles. The molecule has 0 aromatic rings. The van der Waals surface area contributed by atoms with E-state index >= 15 is 0 Å². The first kappa shape index (κ1) is 22.5. The Balaban J connectivity index is -0.0000000267. The van der Waals surface area contributed by atoms with Gasteiger partial charge in [0.1, 0.15) is 0 Å². The van der Waals surface area contributed by atoms with Crippen molar-refractivity contribution in [2.24, 2.45) is 0 Å². The topological polar surface area (TPSA) is 85.9 Å². The fraction of sp³-hybridized carbons (Fsp3) is 0. The molecule has 0 aromatic heterocycles. The fourth-order valence-corrected chi connectivity index (χ4v) is 0. The van der Waals surface area contributed by atoms with Gasteiger partial charge in [-0.15, -0.1) is 0 Å². The zero-order valence-electron chi connectivity index (χ0n) is 2.88. The molecular formula is H7Ca2O4SZn. The molecule has 0 saturated carbocycles. The third-order valence-corrected chi connectivity index (χ3v) is 0. The molecule has 0 aliphatic heterocycles. The monoisotopic (exact) mass is 247 g/mol. The molecule has 0 fully saturated rings. The maximum atomic E-state index is 9.24. The Hall–Kier alpha value is 3.01. The van der Waals surface area contributed by atoms with Gasteiger partial charge in [0.15, 0.2) is 0 Å². The predicted octanol–water partition coefficient (Wildman–Crippen LogP) is -3.32. The van der Waals surface area contributed by atoms with Crippen LogP contribution >= 0.6 is 0 Å². The summed E-state index contributed by atoms with van der Waals surface area (Å²) in [5.74, 6) is 0. The Bertz CT molecular complexity index is 97.2. The predicted molar refractivity (Wildman–Crippen MR) is 32.3 cm³/mol. The van der Waals surface area contributed by atoms with Crippen molar-refractivity contribution in [1.29, 1.82) is 0 Å². The van der Waals surface area contributed by atoms with Gasteiger partial charge in [-0.2, -0.15) is 0 Å². The van der Waals surface area contributed by atoms with E-state index < -0.39 is 8.11 Å². The number of rotatable bonds is 0. The average molecular weight is 249 g/mol. The van der Waals surface area contributed by atoms with Gasteiger partial charge in [-0.25, -0.2) is 0 Å². The van der Waals surface area contributed by atoms with E-state index in [4.69, 9.17) is 4.55 Å². The SMILES string of the molecule is O.O=[S](=O)(O)[Zn].[CaH2].[CaH2]. The van der Waals surface area contributed by atoms with Crippen LogP contribution < -0.4 is 0 Å². The fourth-order valence-electron chi connectivity index (χ4n) is 0. The van der Waals surface area contributed by atoms with Crippen LogP contribution in [-0.4, -0.2) is 93.9 Å². The first-order chi connectivity index (χ1) is 2.00. The van der Waals surface area contributed by atoms with Gasteiger partial charge in [0, 0.05) is 0 Å². The van der Waals surface area contributed by atoms with E-state index in [1.54, 1.807) is 0 Å². The summed E-state index contributed by atoms with van der Waals surface area (Å²) in [5, 5.41) is 0. The quantitative estimate of drug-likeness (QED) is 0.360. The Morgan fingerprint density at radius 2 is 1.25 bits per heavy atom. The van der Waals surface area contributed by atoms with E-state index in [-0.39, 0.29) is 98.0 Å². The van der Waals surface area contributed by atoms with Gasteiger partial charge in [0.05, 0.1) is 0 Å². The van der Waals surface area contributed by atoms with Gasteiger partial charge in [0.2, 0.25) is 0 Å². The Morgan fingerprint density at radius 1 is 1.25 bits per heavy atom. The molecule has 0 rings (SSSR count). The van der Waals surface area contributed by atoms with Gasteiger partial charge >= 0.3 is 114 Å². The second-order valence-electron chi connectivity index (χ2n) is 0.582. The van der Waals surface area contributed by atoms with Crippen LogP contribution in [-0.2, 0) is 25.2 Å². The Labute approximate surface area is 116 Å². The van der Waals surface area contributed by atoms with Gasteiger partial charge in [-0.1, -0.05) is 0 Å². The molecule has 0 saturated heterocycles. The van der Waals surface area contributed by atoms with Crippen LogP contribution in [0, 0.1) is 0 Å². The molecular weight excluding hydrogens is 242 g/mol. The normalized spacial score (nSPS) is 7.38. The first-order valence-electron chi connectivity index (χ1n) is 0.805. The number of hydrogen-bond donors (Lipinski definition) is 1. The molecule has 43 valence electrons. The molecule has 0 atom stereocenters. The minimum absolute atomic E-state index is 0. The molecule has 4 nitrogen and oxygen atoms in total. The maximum absolute atomic E-state index is 9.24. The zero-order valence-corrected chi connectivity index (χ0v) is 6.66. The van der Waals surface area contributed by atoms with Crippen molar-refractivity contribution in [3.05, 3.63) is 0 Å². The minimum atomic E-state index is -3.54. The molecule has 0 radical (unpaired) electrons. The van der Waals surface area contributed by atoms with Crippen LogP contribution in [0.5, 0.6) is 0 Å². The Kier molecular flexibility index (Phi) is 28.1. The van der Waals surface area contributed by atoms with Crippen molar-refractivity contribution in [1.82, 2.24) is 0 Å². The van der Waals surface area contributed by atoms with Gasteiger partial charge in [0.25, 0.3) is 0 Å². The van der Waals surface area contributed by atoms with Crippen LogP contribution in [0.15, 0.2) is 0 Å². The Morgan fingerprint density at radius 3 is 1.25 bits per heavy atom. The second kappa shape index (κ2) is 10.0. The molecule has 0 aliphatic carbocycles. The summed E-state index contributed by atoms with van der Waals surface area (Å²) in [4.78, 5) is 0. The zero-order chi connectivity index (χ0) is 4.50. The van der Waals surface area contributed by atoms with Crippen molar-refractivity contribution in [3.63, 3.8) is 0 Å². The molecule has 8 heavy (non-hydrogen) atoms. The van der Waals surface area contributed by atoms with Crippen LogP contribution in [0.25, 0.3) is 0 Å². The molecule has 0 spiro atoms. The van der Waals surface area contributed by atoms with Crippen LogP contribution in [0.3, 0.4) is 0 Å². The van der Waals surface area contributed by atoms with Crippen molar-refractivity contribution in [2.45, 2.75) is 0 Å². The molecule has 0 aromatic carbocycles. The first-order valence-corrected chi connectivity index (χ1v) is 6.05. The molecule has 0 amide bonds.